The second-order valence-electron chi connectivity index (χ2n) is 4.70. The maximum absolute atomic E-state index is 12.2. The van der Waals surface area contributed by atoms with Crippen molar-refractivity contribution in [3.8, 4) is 0 Å². The molecular formula is C14H15ClN4O. The predicted molar refractivity (Wildman–Crippen MR) is 78.1 cm³/mol. The molecule has 6 heteroatoms. The monoisotopic (exact) mass is 290 g/mol. The molecule has 2 aromatic heterocycles. The van der Waals surface area contributed by atoms with E-state index in [4.69, 9.17) is 11.6 Å². The van der Waals surface area contributed by atoms with E-state index in [2.05, 4.69) is 20.3 Å². The van der Waals surface area contributed by atoms with Gasteiger partial charge in [0.1, 0.15) is 11.6 Å². The number of halogens is 1. The van der Waals surface area contributed by atoms with Gasteiger partial charge >= 0.3 is 0 Å². The van der Waals surface area contributed by atoms with E-state index < -0.39 is 0 Å². The van der Waals surface area contributed by atoms with Crippen LogP contribution in [0.25, 0.3) is 0 Å². The number of hydrogen-bond acceptors (Lipinski definition) is 4. The summed E-state index contributed by atoms with van der Waals surface area (Å²) in [6.07, 6.45) is 3.06. The molecule has 0 aliphatic heterocycles. The van der Waals surface area contributed by atoms with Crippen LogP contribution in [0.15, 0.2) is 24.5 Å². The zero-order chi connectivity index (χ0) is 14.7. The van der Waals surface area contributed by atoms with E-state index in [1.165, 1.54) is 6.20 Å². The molecule has 0 saturated carbocycles. The van der Waals surface area contributed by atoms with Gasteiger partial charge in [-0.25, -0.2) is 15.0 Å². The minimum atomic E-state index is -0.388. The molecule has 0 spiro atoms. The SMILES string of the molecule is Cc1cccnc1NC(=O)c1nc(C(C)C)ncc1Cl. The van der Waals surface area contributed by atoms with Gasteiger partial charge in [-0.05, 0) is 18.6 Å². The standard InChI is InChI=1S/C14H15ClN4O/c1-8(2)12-17-7-10(15)11(18-12)14(20)19-13-9(3)5-4-6-16-13/h4-8H,1-3H3,(H,16,19,20). The molecule has 0 aromatic carbocycles. The Morgan fingerprint density at radius 1 is 1.35 bits per heavy atom. The quantitative estimate of drug-likeness (QED) is 0.942. The number of carbonyl (C=O) groups excluding carboxylic acids is 1. The van der Waals surface area contributed by atoms with Crippen molar-refractivity contribution in [2.45, 2.75) is 26.7 Å². The number of pyridine rings is 1. The second-order valence-corrected chi connectivity index (χ2v) is 5.11. The summed E-state index contributed by atoms with van der Waals surface area (Å²) >= 11 is 6.00. The summed E-state index contributed by atoms with van der Waals surface area (Å²) in [5.41, 5.74) is 1.03. The van der Waals surface area contributed by atoms with Crippen molar-refractivity contribution < 1.29 is 4.79 Å². The van der Waals surface area contributed by atoms with Crippen LogP contribution in [-0.2, 0) is 0 Å². The highest BCUT2D eigenvalue weighted by Gasteiger charge is 2.16. The molecule has 2 rings (SSSR count). The highest BCUT2D eigenvalue weighted by molar-refractivity contribution is 6.33. The molecule has 1 amide bonds. The van der Waals surface area contributed by atoms with Gasteiger partial charge in [-0.3, -0.25) is 4.79 Å². The Morgan fingerprint density at radius 2 is 2.10 bits per heavy atom. The Bertz CT molecular complexity index is 643. The van der Waals surface area contributed by atoms with Crippen molar-refractivity contribution in [1.82, 2.24) is 15.0 Å². The fourth-order valence-corrected chi connectivity index (χ4v) is 1.78. The number of carbonyl (C=O) groups is 1. The summed E-state index contributed by atoms with van der Waals surface area (Å²) in [4.78, 5) is 24.7. The van der Waals surface area contributed by atoms with Crippen LogP contribution in [0.3, 0.4) is 0 Å². The third-order valence-corrected chi connectivity index (χ3v) is 3.01. The molecule has 0 aliphatic carbocycles. The van der Waals surface area contributed by atoms with Gasteiger partial charge in [-0.1, -0.05) is 31.5 Å². The Balaban J connectivity index is 2.30. The number of nitrogens with one attached hydrogen (secondary N) is 1. The van der Waals surface area contributed by atoms with E-state index in [-0.39, 0.29) is 22.5 Å². The van der Waals surface area contributed by atoms with E-state index in [9.17, 15) is 4.79 Å². The zero-order valence-corrected chi connectivity index (χ0v) is 12.3. The molecule has 0 radical (unpaired) electrons. The van der Waals surface area contributed by atoms with E-state index in [0.29, 0.717) is 11.6 Å². The molecule has 20 heavy (non-hydrogen) atoms. The van der Waals surface area contributed by atoms with Crippen molar-refractivity contribution in [2.24, 2.45) is 0 Å². The number of hydrogen-bond donors (Lipinski definition) is 1. The lowest BCUT2D eigenvalue weighted by Gasteiger charge is -2.09. The maximum Gasteiger partial charge on any atom is 0.277 e. The molecule has 0 bridgehead atoms. The largest absolute Gasteiger partial charge is 0.305 e. The average Bonchev–Trinajstić information content (AvgIpc) is 2.41. The van der Waals surface area contributed by atoms with Gasteiger partial charge in [0.25, 0.3) is 5.91 Å². The fraction of sp³-hybridized carbons (Fsp3) is 0.286. The van der Waals surface area contributed by atoms with E-state index in [0.717, 1.165) is 5.56 Å². The second kappa shape index (κ2) is 5.96. The fourth-order valence-electron chi connectivity index (χ4n) is 1.60. The van der Waals surface area contributed by atoms with Crippen molar-refractivity contribution in [3.63, 3.8) is 0 Å². The summed E-state index contributed by atoms with van der Waals surface area (Å²) in [5.74, 6) is 0.812. The number of aryl methyl sites for hydroxylation is 1. The van der Waals surface area contributed by atoms with Gasteiger partial charge in [0, 0.05) is 12.1 Å². The van der Waals surface area contributed by atoms with Crippen LogP contribution >= 0.6 is 11.6 Å². The molecule has 0 saturated heterocycles. The molecule has 0 aliphatic rings. The van der Waals surface area contributed by atoms with Crippen LogP contribution < -0.4 is 5.32 Å². The lowest BCUT2D eigenvalue weighted by atomic mass is 10.2. The van der Waals surface area contributed by atoms with Crippen LogP contribution in [-0.4, -0.2) is 20.9 Å². The Labute approximate surface area is 122 Å². The van der Waals surface area contributed by atoms with Crippen molar-refractivity contribution in [2.75, 3.05) is 5.32 Å². The highest BCUT2D eigenvalue weighted by atomic mass is 35.5. The van der Waals surface area contributed by atoms with E-state index in [1.807, 2.05) is 26.8 Å². The van der Waals surface area contributed by atoms with E-state index in [1.54, 1.807) is 12.3 Å². The lowest BCUT2D eigenvalue weighted by molar-refractivity contribution is 0.102. The van der Waals surface area contributed by atoms with Crippen LogP contribution in [0.2, 0.25) is 5.02 Å². The molecule has 0 unspecified atom stereocenters. The number of nitrogens with zero attached hydrogens (tertiary/aromatic N) is 3. The first-order valence-corrected chi connectivity index (χ1v) is 6.62. The summed E-state index contributed by atoms with van der Waals surface area (Å²) in [6, 6.07) is 3.67. The maximum atomic E-state index is 12.2. The molecule has 0 atom stereocenters. The molecular weight excluding hydrogens is 276 g/mol. The van der Waals surface area contributed by atoms with Gasteiger partial charge in [-0.15, -0.1) is 0 Å². The number of rotatable bonds is 3. The highest BCUT2D eigenvalue weighted by Crippen LogP contribution is 2.18. The Kier molecular flexibility index (Phi) is 4.29. The summed E-state index contributed by atoms with van der Waals surface area (Å²) in [6.45, 7) is 5.77. The number of anilines is 1. The average molecular weight is 291 g/mol. The molecule has 2 aromatic rings. The van der Waals surface area contributed by atoms with Crippen molar-refractivity contribution in [1.29, 1.82) is 0 Å². The molecule has 5 nitrogen and oxygen atoms in total. The zero-order valence-electron chi connectivity index (χ0n) is 11.5. The minimum Gasteiger partial charge on any atom is -0.305 e. The van der Waals surface area contributed by atoms with Crippen LogP contribution in [0.4, 0.5) is 5.82 Å². The summed E-state index contributed by atoms with van der Waals surface area (Å²) in [7, 11) is 0. The van der Waals surface area contributed by atoms with Crippen LogP contribution in [0, 0.1) is 6.92 Å². The molecule has 2 heterocycles. The topological polar surface area (TPSA) is 67.8 Å². The number of amides is 1. The normalized spacial score (nSPS) is 10.7. The number of aromatic nitrogens is 3. The Hall–Kier alpha value is -2.01. The van der Waals surface area contributed by atoms with Crippen molar-refractivity contribution in [3.05, 3.63) is 46.6 Å². The van der Waals surface area contributed by atoms with Crippen LogP contribution in [0.5, 0.6) is 0 Å². The molecule has 0 fully saturated rings. The van der Waals surface area contributed by atoms with Crippen molar-refractivity contribution >= 4 is 23.3 Å². The summed E-state index contributed by atoms with van der Waals surface area (Å²) < 4.78 is 0. The predicted octanol–water partition coefficient (Wildman–Crippen LogP) is 3.21. The van der Waals surface area contributed by atoms with E-state index >= 15 is 0 Å². The minimum absolute atomic E-state index is 0.121. The van der Waals surface area contributed by atoms with Gasteiger partial charge < -0.3 is 5.32 Å². The molecule has 104 valence electrons. The third kappa shape index (κ3) is 3.11. The molecule has 1 N–H and O–H groups in total. The first-order valence-electron chi connectivity index (χ1n) is 6.24. The third-order valence-electron chi connectivity index (χ3n) is 2.74. The first kappa shape index (κ1) is 14.4. The van der Waals surface area contributed by atoms with Gasteiger partial charge in [0.15, 0.2) is 5.69 Å². The lowest BCUT2D eigenvalue weighted by Crippen LogP contribution is -2.17. The van der Waals surface area contributed by atoms with Crippen LogP contribution in [0.1, 0.15) is 41.6 Å². The van der Waals surface area contributed by atoms with Gasteiger partial charge in [0.2, 0.25) is 0 Å². The first-order chi connectivity index (χ1) is 9.49. The summed E-state index contributed by atoms with van der Waals surface area (Å²) in [5, 5.41) is 2.93. The smallest absolute Gasteiger partial charge is 0.277 e. The van der Waals surface area contributed by atoms with Gasteiger partial charge in [-0.2, -0.15) is 0 Å². The Morgan fingerprint density at radius 3 is 2.75 bits per heavy atom. The van der Waals surface area contributed by atoms with Gasteiger partial charge in [0.05, 0.1) is 11.2 Å².